The topological polar surface area (TPSA) is 50.3 Å². The Hall–Kier alpha value is -1.58. The van der Waals surface area contributed by atoms with Gasteiger partial charge >= 0.3 is 0 Å². The van der Waals surface area contributed by atoms with E-state index in [9.17, 15) is 13.6 Å². The van der Waals surface area contributed by atoms with Crippen molar-refractivity contribution in [3.63, 3.8) is 0 Å². The number of amides is 1. The lowest BCUT2D eigenvalue weighted by Crippen LogP contribution is -2.33. The van der Waals surface area contributed by atoms with E-state index >= 15 is 0 Å². The van der Waals surface area contributed by atoms with Gasteiger partial charge in [0.25, 0.3) is 0 Å². The lowest BCUT2D eigenvalue weighted by atomic mass is 9.87. The lowest BCUT2D eigenvalue weighted by Gasteiger charge is -2.22. The molecule has 3 aliphatic rings. The molecule has 5 nitrogen and oxygen atoms in total. The Labute approximate surface area is 186 Å². The molecule has 160 valence electrons. The number of halogens is 3. The Kier molecular flexibility index (Phi) is 5.10. The van der Waals surface area contributed by atoms with Crippen LogP contribution >= 0.6 is 28.1 Å². The zero-order valence-electron chi connectivity index (χ0n) is 16.3. The van der Waals surface area contributed by atoms with Crippen LogP contribution in [0.15, 0.2) is 16.6 Å². The number of fused-ring (bicyclic) bond motifs is 1. The van der Waals surface area contributed by atoms with Crippen LogP contribution < -0.4 is 0 Å². The van der Waals surface area contributed by atoms with Gasteiger partial charge in [0, 0.05) is 54.5 Å². The van der Waals surface area contributed by atoms with Crippen LogP contribution in [0.2, 0.25) is 0 Å². The van der Waals surface area contributed by atoms with Crippen molar-refractivity contribution in [2.45, 2.75) is 38.1 Å². The minimum absolute atomic E-state index is 0.0571. The van der Waals surface area contributed by atoms with Gasteiger partial charge in [0.15, 0.2) is 4.77 Å². The number of rotatable bonds is 3. The third-order valence-corrected chi connectivity index (χ3v) is 7.75. The molecule has 1 amide bonds. The average molecular weight is 498 g/mol. The third-order valence-electron chi connectivity index (χ3n) is 6.81. The number of nitrogens with zero attached hydrogens (tertiary/aromatic N) is 2. The fraction of sp³-hybridized carbons (Fsp3) is 0.524. The Morgan fingerprint density at radius 1 is 1.37 bits per heavy atom. The molecule has 1 aromatic heterocycles. The largest absolute Gasteiger partial charge is 0.381 e. The first kappa shape index (κ1) is 20.3. The number of carbonyl (C=O) groups is 1. The number of ether oxygens (including phenoxy) is 1. The van der Waals surface area contributed by atoms with Gasteiger partial charge in [0.05, 0.1) is 17.5 Å². The normalized spacial score (nSPS) is 25.4. The van der Waals surface area contributed by atoms with E-state index in [1.54, 1.807) is 0 Å². The number of hydrogen-bond donors (Lipinski definition) is 1. The van der Waals surface area contributed by atoms with Crippen molar-refractivity contribution >= 4 is 34.1 Å². The fourth-order valence-corrected chi connectivity index (χ4v) is 5.79. The van der Waals surface area contributed by atoms with Crippen LogP contribution in [-0.2, 0) is 28.9 Å². The standard InChI is InChI=1S/C21H22BrF2N3O2S/c22-13-1-2-14(23)18(19(13)24)12-7-16-15(25-20(30)27(16)9-12)8-17(28)26-5-3-21(10-26)4-6-29-11-21/h1-2,12H,3-11H2,(H,25,30)/t12-,21?/m1/s1. The fourth-order valence-electron chi connectivity index (χ4n) is 5.14. The number of benzene rings is 1. The van der Waals surface area contributed by atoms with Gasteiger partial charge in [-0.1, -0.05) is 0 Å². The summed E-state index contributed by atoms with van der Waals surface area (Å²) in [5.41, 5.74) is 1.82. The highest BCUT2D eigenvalue weighted by molar-refractivity contribution is 9.10. The van der Waals surface area contributed by atoms with Crippen LogP contribution in [0, 0.1) is 21.8 Å². The van der Waals surface area contributed by atoms with Crippen LogP contribution in [-0.4, -0.2) is 46.7 Å². The minimum Gasteiger partial charge on any atom is -0.381 e. The zero-order valence-corrected chi connectivity index (χ0v) is 18.8. The van der Waals surface area contributed by atoms with E-state index in [0.29, 0.717) is 17.7 Å². The van der Waals surface area contributed by atoms with Gasteiger partial charge in [-0.15, -0.1) is 0 Å². The molecule has 2 aromatic rings. The molecule has 1 spiro atoms. The molecular formula is C21H22BrF2N3O2S. The first-order valence-corrected chi connectivity index (χ1v) is 11.4. The number of aromatic amines is 1. The number of hydrogen-bond acceptors (Lipinski definition) is 3. The zero-order chi connectivity index (χ0) is 21.0. The molecule has 9 heteroatoms. The highest BCUT2D eigenvalue weighted by atomic mass is 79.9. The van der Waals surface area contributed by atoms with Crippen molar-refractivity contribution in [3.8, 4) is 0 Å². The van der Waals surface area contributed by atoms with Gasteiger partial charge in [-0.25, -0.2) is 8.78 Å². The van der Waals surface area contributed by atoms with E-state index in [4.69, 9.17) is 17.0 Å². The molecule has 2 fully saturated rings. The van der Waals surface area contributed by atoms with Crippen LogP contribution in [0.5, 0.6) is 0 Å². The van der Waals surface area contributed by atoms with E-state index in [-0.39, 0.29) is 33.7 Å². The quantitative estimate of drug-likeness (QED) is 0.512. The number of imidazole rings is 1. The van der Waals surface area contributed by atoms with Crippen molar-refractivity contribution < 1.29 is 18.3 Å². The predicted molar refractivity (Wildman–Crippen MR) is 113 cm³/mol. The van der Waals surface area contributed by atoms with Crippen molar-refractivity contribution in [2.24, 2.45) is 5.41 Å². The van der Waals surface area contributed by atoms with Gasteiger partial charge in [-0.2, -0.15) is 0 Å². The summed E-state index contributed by atoms with van der Waals surface area (Å²) < 4.78 is 37.2. The number of carbonyl (C=O) groups excluding carboxylic acids is 1. The molecule has 4 heterocycles. The van der Waals surface area contributed by atoms with E-state index in [2.05, 4.69) is 20.9 Å². The number of H-pyrrole nitrogens is 1. The van der Waals surface area contributed by atoms with E-state index in [0.717, 1.165) is 50.5 Å². The second-order valence-corrected chi connectivity index (χ2v) is 9.91. The van der Waals surface area contributed by atoms with Crippen LogP contribution in [0.25, 0.3) is 0 Å². The maximum atomic E-state index is 14.6. The maximum absolute atomic E-state index is 14.6. The summed E-state index contributed by atoms with van der Waals surface area (Å²) in [6.45, 7) is 3.38. The summed E-state index contributed by atoms with van der Waals surface area (Å²) in [5.74, 6) is -1.42. The second kappa shape index (κ2) is 7.53. The van der Waals surface area contributed by atoms with Crippen molar-refractivity contribution in [3.05, 3.63) is 50.0 Å². The van der Waals surface area contributed by atoms with E-state index < -0.39 is 11.6 Å². The first-order valence-electron chi connectivity index (χ1n) is 10.2. The number of nitrogens with one attached hydrogen (secondary N) is 1. The molecule has 1 N–H and O–H groups in total. The SMILES string of the molecule is O=C(Cc1[nH]c(=S)n2c1C[C@@H](c1c(F)ccc(Br)c1F)C2)N1CCC2(CCOC2)C1. The summed E-state index contributed by atoms with van der Waals surface area (Å²) in [6.07, 6.45) is 2.65. The second-order valence-electron chi connectivity index (χ2n) is 8.67. The molecule has 0 radical (unpaired) electrons. The Morgan fingerprint density at radius 2 is 2.20 bits per heavy atom. The van der Waals surface area contributed by atoms with Gasteiger partial charge in [-0.3, -0.25) is 4.79 Å². The third kappa shape index (κ3) is 3.35. The highest BCUT2D eigenvalue weighted by Crippen LogP contribution is 2.39. The molecule has 5 rings (SSSR count). The van der Waals surface area contributed by atoms with E-state index in [1.807, 2.05) is 9.47 Å². The highest BCUT2D eigenvalue weighted by Gasteiger charge is 2.43. The number of aromatic nitrogens is 2. The molecule has 2 atom stereocenters. The van der Waals surface area contributed by atoms with Crippen molar-refractivity contribution in [1.29, 1.82) is 0 Å². The summed E-state index contributed by atoms with van der Waals surface area (Å²) >= 11 is 8.58. The summed E-state index contributed by atoms with van der Waals surface area (Å²) in [6, 6.07) is 2.65. The first-order chi connectivity index (χ1) is 14.4. The van der Waals surface area contributed by atoms with Crippen molar-refractivity contribution in [2.75, 3.05) is 26.3 Å². The molecule has 30 heavy (non-hydrogen) atoms. The van der Waals surface area contributed by atoms with E-state index in [1.165, 1.54) is 12.1 Å². The summed E-state index contributed by atoms with van der Waals surface area (Å²) in [7, 11) is 0. The van der Waals surface area contributed by atoms with Gasteiger partial charge in [0.2, 0.25) is 5.91 Å². The molecular weight excluding hydrogens is 476 g/mol. The van der Waals surface area contributed by atoms with Gasteiger partial charge < -0.3 is 19.2 Å². The predicted octanol–water partition coefficient (Wildman–Crippen LogP) is 4.11. The summed E-state index contributed by atoms with van der Waals surface area (Å²) in [4.78, 5) is 18.0. The van der Waals surface area contributed by atoms with Crippen LogP contribution in [0.3, 0.4) is 0 Å². The van der Waals surface area contributed by atoms with Gasteiger partial charge in [-0.05, 0) is 59.5 Å². The minimum atomic E-state index is -0.570. The maximum Gasteiger partial charge on any atom is 0.228 e. The molecule has 0 bridgehead atoms. The number of likely N-dealkylation sites (tertiary alicyclic amines) is 1. The van der Waals surface area contributed by atoms with Gasteiger partial charge in [0.1, 0.15) is 11.6 Å². The van der Waals surface area contributed by atoms with Crippen molar-refractivity contribution in [1.82, 2.24) is 14.5 Å². The van der Waals surface area contributed by atoms with Crippen LogP contribution in [0.1, 0.15) is 35.7 Å². The molecule has 1 unspecified atom stereocenters. The monoisotopic (exact) mass is 497 g/mol. The molecule has 0 saturated carbocycles. The Bertz CT molecular complexity index is 1080. The summed E-state index contributed by atoms with van der Waals surface area (Å²) in [5, 5.41) is 0. The Balaban J connectivity index is 1.35. The molecule has 1 aromatic carbocycles. The lowest BCUT2D eigenvalue weighted by molar-refractivity contribution is -0.129. The molecule has 0 aliphatic carbocycles. The smallest absolute Gasteiger partial charge is 0.228 e. The van der Waals surface area contributed by atoms with Crippen LogP contribution in [0.4, 0.5) is 8.78 Å². The average Bonchev–Trinajstić information content (AvgIpc) is 3.48. The Morgan fingerprint density at radius 3 is 2.97 bits per heavy atom. The molecule has 2 saturated heterocycles. The molecule has 3 aliphatic heterocycles.